The van der Waals surface area contributed by atoms with Gasteiger partial charge in [0.2, 0.25) is 0 Å². The van der Waals surface area contributed by atoms with Crippen LogP contribution in [0.5, 0.6) is 0 Å². The third kappa shape index (κ3) is 4.51. The second-order valence-corrected chi connectivity index (χ2v) is 3.74. The van der Waals surface area contributed by atoms with Gasteiger partial charge in [0.25, 0.3) is 0 Å². The van der Waals surface area contributed by atoms with Gasteiger partial charge in [-0.05, 0) is 25.1 Å². The maximum atomic E-state index is 12.4. The summed E-state index contributed by atoms with van der Waals surface area (Å²) in [6.45, 7) is 1.65. The van der Waals surface area contributed by atoms with E-state index in [9.17, 15) is 13.2 Å². The van der Waals surface area contributed by atoms with Crippen LogP contribution in [0.3, 0.4) is 0 Å². The van der Waals surface area contributed by atoms with Gasteiger partial charge >= 0.3 is 6.18 Å². The minimum Gasteiger partial charge on any atom is -0.366 e. The van der Waals surface area contributed by atoms with E-state index in [1.807, 2.05) is 0 Å². The lowest BCUT2D eigenvalue weighted by atomic mass is 10.2. The molecule has 0 radical (unpaired) electrons. The number of pyridine rings is 1. The van der Waals surface area contributed by atoms with Gasteiger partial charge in [0.1, 0.15) is 11.5 Å². The second-order valence-electron chi connectivity index (χ2n) is 3.74. The van der Waals surface area contributed by atoms with Gasteiger partial charge in [-0.2, -0.15) is 13.2 Å². The summed E-state index contributed by atoms with van der Waals surface area (Å²) in [6.07, 6.45) is -3.48. The molecule has 0 aromatic carbocycles. The van der Waals surface area contributed by atoms with Crippen LogP contribution in [0.15, 0.2) is 18.2 Å². The summed E-state index contributed by atoms with van der Waals surface area (Å²) in [4.78, 5) is 3.54. The quantitative estimate of drug-likeness (QED) is 0.882. The smallest absolute Gasteiger partial charge is 0.366 e. The Morgan fingerprint density at radius 2 is 2.00 bits per heavy atom. The van der Waals surface area contributed by atoms with Gasteiger partial charge in [-0.15, -0.1) is 24.8 Å². The van der Waals surface area contributed by atoms with Crippen molar-refractivity contribution >= 4 is 30.6 Å². The van der Waals surface area contributed by atoms with Gasteiger partial charge in [-0.25, -0.2) is 4.98 Å². The van der Waals surface area contributed by atoms with E-state index in [0.29, 0.717) is 0 Å². The van der Waals surface area contributed by atoms with Crippen molar-refractivity contribution in [1.82, 2.24) is 10.3 Å². The average Bonchev–Trinajstić information content (AvgIpc) is 2.70. The van der Waals surface area contributed by atoms with Crippen LogP contribution in [-0.4, -0.2) is 24.1 Å². The summed E-state index contributed by atoms with van der Waals surface area (Å²) in [6, 6.07) is 4.04. The SMILES string of the molecule is Cl.Cl.FC(F)(F)c1cccc(NC2CCNC2)n1. The predicted molar refractivity (Wildman–Crippen MR) is 68.6 cm³/mol. The standard InChI is InChI=1S/C10H12F3N3.2ClH/c11-10(12,13)8-2-1-3-9(16-8)15-7-4-5-14-6-7;;/h1-3,7,14H,4-6H2,(H,15,16);2*1H. The molecule has 18 heavy (non-hydrogen) atoms. The predicted octanol–water partition coefficient (Wildman–Crippen LogP) is 2.72. The van der Waals surface area contributed by atoms with Gasteiger partial charge in [0.15, 0.2) is 0 Å². The summed E-state index contributed by atoms with van der Waals surface area (Å²) in [5, 5.41) is 6.10. The fourth-order valence-electron chi connectivity index (χ4n) is 1.66. The van der Waals surface area contributed by atoms with E-state index in [4.69, 9.17) is 0 Å². The van der Waals surface area contributed by atoms with Crippen LogP contribution in [0, 0.1) is 0 Å². The minimum absolute atomic E-state index is 0. The average molecular weight is 304 g/mol. The normalized spacial score (nSPS) is 18.7. The maximum Gasteiger partial charge on any atom is 0.433 e. The fourth-order valence-corrected chi connectivity index (χ4v) is 1.66. The Morgan fingerprint density at radius 3 is 2.56 bits per heavy atom. The molecule has 0 spiro atoms. The Kier molecular flexibility index (Phi) is 6.73. The van der Waals surface area contributed by atoms with E-state index in [1.54, 1.807) is 6.07 Å². The maximum absolute atomic E-state index is 12.4. The number of nitrogens with one attached hydrogen (secondary N) is 2. The molecule has 1 fully saturated rings. The van der Waals surface area contributed by atoms with Crippen molar-refractivity contribution in [2.45, 2.75) is 18.6 Å². The molecule has 0 bridgehead atoms. The lowest BCUT2D eigenvalue weighted by Crippen LogP contribution is -2.23. The van der Waals surface area contributed by atoms with Crippen LogP contribution in [-0.2, 0) is 6.18 Å². The topological polar surface area (TPSA) is 37.0 Å². The number of halogens is 5. The van der Waals surface area contributed by atoms with E-state index >= 15 is 0 Å². The van der Waals surface area contributed by atoms with Crippen molar-refractivity contribution in [3.8, 4) is 0 Å². The molecule has 1 aliphatic heterocycles. The number of aromatic nitrogens is 1. The molecule has 2 N–H and O–H groups in total. The molecule has 0 amide bonds. The molecule has 2 heterocycles. The number of alkyl halides is 3. The zero-order valence-electron chi connectivity index (χ0n) is 9.33. The second kappa shape index (κ2) is 7.01. The molecule has 8 heteroatoms. The van der Waals surface area contributed by atoms with Gasteiger partial charge in [-0.1, -0.05) is 6.07 Å². The van der Waals surface area contributed by atoms with Crippen LogP contribution in [0.4, 0.5) is 19.0 Å². The Labute approximate surface area is 115 Å². The van der Waals surface area contributed by atoms with Crippen molar-refractivity contribution in [3.63, 3.8) is 0 Å². The van der Waals surface area contributed by atoms with E-state index in [1.165, 1.54) is 6.07 Å². The monoisotopic (exact) mass is 303 g/mol. The Morgan fingerprint density at radius 1 is 1.28 bits per heavy atom. The zero-order chi connectivity index (χ0) is 11.6. The fraction of sp³-hybridized carbons (Fsp3) is 0.500. The van der Waals surface area contributed by atoms with Crippen molar-refractivity contribution < 1.29 is 13.2 Å². The summed E-state index contributed by atoms with van der Waals surface area (Å²) in [7, 11) is 0. The van der Waals surface area contributed by atoms with E-state index < -0.39 is 11.9 Å². The summed E-state index contributed by atoms with van der Waals surface area (Å²) in [5.41, 5.74) is -0.858. The molecular formula is C10H14Cl2F3N3. The first-order valence-corrected chi connectivity index (χ1v) is 5.07. The van der Waals surface area contributed by atoms with Gasteiger partial charge in [0.05, 0.1) is 0 Å². The first-order valence-electron chi connectivity index (χ1n) is 5.07. The lowest BCUT2D eigenvalue weighted by molar-refractivity contribution is -0.141. The number of hydrogen-bond donors (Lipinski definition) is 2. The van der Waals surface area contributed by atoms with Gasteiger partial charge in [-0.3, -0.25) is 0 Å². The molecule has 2 rings (SSSR count). The first-order chi connectivity index (χ1) is 7.55. The van der Waals surface area contributed by atoms with Crippen LogP contribution >= 0.6 is 24.8 Å². The highest BCUT2D eigenvalue weighted by Crippen LogP contribution is 2.28. The molecule has 0 aliphatic carbocycles. The van der Waals surface area contributed by atoms with Crippen molar-refractivity contribution in [2.75, 3.05) is 18.4 Å². The summed E-state index contributed by atoms with van der Waals surface area (Å²) >= 11 is 0. The summed E-state index contributed by atoms with van der Waals surface area (Å²) in [5.74, 6) is 0.281. The zero-order valence-corrected chi connectivity index (χ0v) is 11.0. The highest BCUT2D eigenvalue weighted by molar-refractivity contribution is 5.85. The largest absolute Gasteiger partial charge is 0.433 e. The third-order valence-electron chi connectivity index (χ3n) is 2.45. The van der Waals surface area contributed by atoms with E-state index in [-0.39, 0.29) is 36.7 Å². The highest BCUT2D eigenvalue weighted by atomic mass is 35.5. The molecule has 0 saturated carbocycles. The molecule has 1 unspecified atom stereocenters. The van der Waals surface area contributed by atoms with Crippen LogP contribution in [0.2, 0.25) is 0 Å². The molecular weight excluding hydrogens is 290 g/mol. The van der Waals surface area contributed by atoms with E-state index in [0.717, 1.165) is 25.6 Å². The number of anilines is 1. The number of nitrogens with zero attached hydrogens (tertiary/aromatic N) is 1. The molecule has 104 valence electrons. The highest BCUT2D eigenvalue weighted by Gasteiger charge is 2.32. The van der Waals surface area contributed by atoms with Crippen LogP contribution < -0.4 is 10.6 Å². The minimum atomic E-state index is -4.38. The molecule has 3 nitrogen and oxygen atoms in total. The van der Waals surface area contributed by atoms with Gasteiger partial charge in [0, 0.05) is 12.6 Å². The molecule has 1 atom stereocenters. The summed E-state index contributed by atoms with van der Waals surface area (Å²) < 4.78 is 37.1. The molecule has 1 aromatic rings. The van der Waals surface area contributed by atoms with Crippen molar-refractivity contribution in [3.05, 3.63) is 23.9 Å². The van der Waals surface area contributed by atoms with Crippen LogP contribution in [0.25, 0.3) is 0 Å². The lowest BCUT2D eigenvalue weighted by Gasteiger charge is -2.13. The number of rotatable bonds is 2. The van der Waals surface area contributed by atoms with Gasteiger partial charge < -0.3 is 10.6 Å². The molecule has 1 aliphatic rings. The van der Waals surface area contributed by atoms with Crippen molar-refractivity contribution in [2.24, 2.45) is 0 Å². The third-order valence-corrected chi connectivity index (χ3v) is 2.45. The Bertz CT molecular complexity index is 368. The number of hydrogen-bond acceptors (Lipinski definition) is 3. The Hall–Kier alpha value is -0.720. The van der Waals surface area contributed by atoms with Crippen molar-refractivity contribution in [1.29, 1.82) is 0 Å². The Balaban J connectivity index is 0.00000144. The molecule has 1 saturated heterocycles. The van der Waals surface area contributed by atoms with Crippen LogP contribution in [0.1, 0.15) is 12.1 Å². The first kappa shape index (κ1) is 17.3. The van der Waals surface area contributed by atoms with E-state index in [2.05, 4.69) is 15.6 Å². The molecule has 1 aromatic heterocycles.